The maximum atomic E-state index is 13.9. The third-order valence-corrected chi connectivity index (χ3v) is 7.86. The number of nitrogens with zero attached hydrogens (tertiary/aromatic N) is 3. The molecule has 51 heavy (non-hydrogen) atoms. The Balaban J connectivity index is 1.80. The van der Waals surface area contributed by atoms with Crippen molar-refractivity contribution in [1.29, 1.82) is 5.26 Å². The van der Waals surface area contributed by atoms with Gasteiger partial charge in [-0.1, -0.05) is 12.1 Å². The van der Waals surface area contributed by atoms with Gasteiger partial charge in [-0.2, -0.15) is 5.26 Å². The lowest BCUT2D eigenvalue weighted by atomic mass is 9.93. The average Bonchev–Trinajstić information content (AvgIpc) is 3.13. The summed E-state index contributed by atoms with van der Waals surface area (Å²) in [6, 6.07) is 12.8. The van der Waals surface area contributed by atoms with Crippen LogP contribution in [0.5, 0.6) is 11.5 Å². The van der Waals surface area contributed by atoms with E-state index in [1.54, 1.807) is 55.5 Å². The molecule has 2 atom stereocenters. The number of nitrogens with one attached hydrogen (secondary N) is 4. The van der Waals surface area contributed by atoms with Gasteiger partial charge in [-0.05, 0) is 54.4 Å². The summed E-state index contributed by atoms with van der Waals surface area (Å²) in [5.41, 5.74) is 14.5. The van der Waals surface area contributed by atoms with Gasteiger partial charge in [-0.15, -0.1) is 0 Å². The number of hydrogen-bond donors (Lipinski definition) is 6. The molecule has 4 bridgehead atoms. The first-order valence-corrected chi connectivity index (χ1v) is 16.2. The van der Waals surface area contributed by atoms with Crippen molar-refractivity contribution in [3.8, 4) is 28.7 Å². The van der Waals surface area contributed by atoms with Crippen LogP contribution in [-0.2, 0) is 25.6 Å². The molecule has 2 heterocycles. The van der Waals surface area contributed by atoms with E-state index in [4.69, 9.17) is 26.2 Å². The second-order valence-corrected chi connectivity index (χ2v) is 11.6. The van der Waals surface area contributed by atoms with Gasteiger partial charge in [-0.3, -0.25) is 29.0 Å². The third kappa shape index (κ3) is 10.00. The fourth-order valence-corrected chi connectivity index (χ4v) is 5.32. The Hall–Kier alpha value is -6.05. The summed E-state index contributed by atoms with van der Waals surface area (Å²) in [5.74, 6) is -2.32. The third-order valence-electron chi connectivity index (χ3n) is 7.86. The smallest absolute Gasteiger partial charge is 0.253 e. The van der Waals surface area contributed by atoms with Crippen LogP contribution in [0, 0.1) is 18.3 Å². The Morgan fingerprint density at radius 1 is 1.00 bits per heavy atom. The van der Waals surface area contributed by atoms with Gasteiger partial charge in [0.15, 0.2) is 0 Å². The zero-order chi connectivity index (χ0) is 36.9. The summed E-state index contributed by atoms with van der Waals surface area (Å²) in [5, 5.41) is 19.2. The first kappa shape index (κ1) is 37.8. The molecule has 0 saturated carbocycles. The summed E-state index contributed by atoms with van der Waals surface area (Å²) in [6.45, 7) is 1.29. The van der Waals surface area contributed by atoms with E-state index in [2.05, 4.69) is 26.3 Å². The van der Waals surface area contributed by atoms with Crippen LogP contribution in [0.2, 0.25) is 0 Å². The van der Waals surface area contributed by atoms with Crippen molar-refractivity contribution < 1.29 is 33.4 Å². The second kappa shape index (κ2) is 18.1. The quantitative estimate of drug-likeness (QED) is 0.131. The van der Waals surface area contributed by atoms with E-state index in [9.17, 15) is 24.0 Å². The molecule has 268 valence electrons. The second-order valence-electron chi connectivity index (χ2n) is 11.6. The van der Waals surface area contributed by atoms with E-state index < -0.39 is 54.7 Å². The monoisotopic (exact) mass is 699 g/mol. The van der Waals surface area contributed by atoms with Crippen LogP contribution >= 0.6 is 0 Å². The maximum absolute atomic E-state index is 13.9. The lowest BCUT2D eigenvalue weighted by Crippen LogP contribution is -2.52. The molecule has 1 aliphatic rings. The molecule has 0 radical (unpaired) electrons. The lowest BCUT2D eigenvalue weighted by Gasteiger charge is -2.29. The number of nitrogens with two attached hydrogens (primary N) is 2. The van der Waals surface area contributed by atoms with Crippen LogP contribution in [0.15, 0.2) is 54.7 Å². The van der Waals surface area contributed by atoms with Gasteiger partial charge in [0, 0.05) is 49.6 Å². The van der Waals surface area contributed by atoms with Crippen molar-refractivity contribution in [1.82, 2.24) is 31.2 Å². The van der Waals surface area contributed by atoms with Crippen LogP contribution in [0.1, 0.15) is 33.2 Å². The molecule has 1 aromatic heterocycles. The number of fused-ring (bicyclic) bond motifs is 5. The molecule has 8 N–H and O–H groups in total. The average molecular weight is 700 g/mol. The first-order valence-electron chi connectivity index (χ1n) is 16.2. The number of pyridine rings is 1. The number of aryl methyl sites for hydroxylation is 1. The van der Waals surface area contributed by atoms with Crippen molar-refractivity contribution in [3.05, 3.63) is 77.1 Å². The Morgan fingerprint density at radius 3 is 2.33 bits per heavy atom. The zero-order valence-corrected chi connectivity index (χ0v) is 28.4. The van der Waals surface area contributed by atoms with E-state index in [1.807, 2.05) is 6.07 Å². The van der Waals surface area contributed by atoms with Gasteiger partial charge in [0.2, 0.25) is 23.6 Å². The molecule has 5 amide bonds. The molecule has 2 aromatic carbocycles. The van der Waals surface area contributed by atoms with Crippen molar-refractivity contribution in [2.45, 2.75) is 25.4 Å². The molecular formula is C35H41N9O7. The molecule has 0 aliphatic carbocycles. The van der Waals surface area contributed by atoms with Gasteiger partial charge in [0.1, 0.15) is 43.3 Å². The number of carbonyl (C=O) groups excluding carboxylic acids is 5. The van der Waals surface area contributed by atoms with Crippen LogP contribution in [-0.4, -0.2) is 98.4 Å². The minimum Gasteiger partial charge on any atom is -0.492 e. The highest BCUT2D eigenvalue weighted by Gasteiger charge is 2.31. The predicted molar refractivity (Wildman–Crippen MR) is 185 cm³/mol. The zero-order valence-electron chi connectivity index (χ0n) is 28.4. The van der Waals surface area contributed by atoms with E-state index >= 15 is 0 Å². The van der Waals surface area contributed by atoms with Crippen LogP contribution in [0.3, 0.4) is 0 Å². The molecule has 1 aliphatic heterocycles. The highest BCUT2D eigenvalue weighted by molar-refractivity contribution is 5.97. The number of amides is 5. The molecule has 0 fully saturated rings. The normalized spacial score (nSPS) is 15.6. The van der Waals surface area contributed by atoms with Gasteiger partial charge in [0.05, 0.1) is 24.7 Å². The van der Waals surface area contributed by atoms with Crippen LogP contribution in [0.25, 0.3) is 11.1 Å². The van der Waals surface area contributed by atoms with E-state index in [-0.39, 0.29) is 44.8 Å². The summed E-state index contributed by atoms with van der Waals surface area (Å²) in [7, 11) is 1.40. The molecule has 4 rings (SSSR count). The van der Waals surface area contributed by atoms with E-state index in [1.165, 1.54) is 13.2 Å². The number of benzene rings is 2. The number of likely N-dealkylation sites (N-methyl/N-ethyl adjacent to an activating group) is 1. The first-order chi connectivity index (χ1) is 24.6. The van der Waals surface area contributed by atoms with Crippen LogP contribution in [0.4, 0.5) is 0 Å². The molecule has 0 unspecified atom stereocenters. The number of aromatic nitrogens is 1. The highest BCUT2D eigenvalue weighted by atomic mass is 16.5. The lowest BCUT2D eigenvalue weighted by molar-refractivity contribution is -0.139. The minimum atomic E-state index is -1.29. The fourth-order valence-electron chi connectivity index (χ4n) is 5.32. The van der Waals surface area contributed by atoms with Gasteiger partial charge in [-0.25, -0.2) is 0 Å². The number of rotatable bonds is 12. The minimum absolute atomic E-state index is 0.0318. The van der Waals surface area contributed by atoms with Crippen molar-refractivity contribution in [2.75, 3.05) is 53.0 Å². The fraction of sp³-hybridized carbons (Fsp3) is 0.343. The van der Waals surface area contributed by atoms with Gasteiger partial charge < -0.3 is 47.1 Å². The number of nitriles is 1. The Kier molecular flexibility index (Phi) is 13.4. The van der Waals surface area contributed by atoms with Crippen LogP contribution < -0.4 is 42.2 Å². The van der Waals surface area contributed by atoms with E-state index in [0.29, 0.717) is 33.8 Å². The SMILES string of the molecule is Cc1ccc(C(=O)NCC(=O)N(C)[C@@H]2C(=O)NCC(=O)N[C@H](C(=O)NCC#N)Cc3ccc(OCCN)c(c3)-c3cc2ccc3OCCN)cn1. The molecule has 0 spiro atoms. The Morgan fingerprint density at radius 2 is 1.69 bits per heavy atom. The van der Waals surface area contributed by atoms with Crippen molar-refractivity contribution >= 4 is 29.5 Å². The van der Waals surface area contributed by atoms with Crippen molar-refractivity contribution in [2.24, 2.45) is 11.5 Å². The molecule has 16 nitrogen and oxygen atoms in total. The van der Waals surface area contributed by atoms with E-state index in [0.717, 1.165) is 10.6 Å². The molecule has 3 aromatic rings. The number of carbonyl (C=O) groups is 5. The standard InChI is InChI=1S/C35H41N9O7/c1-21-3-5-24(18-40-21)33(47)42-20-31(46)44(2)32-23-6-8-29(51-14-11-38)26(17-23)25-15-22(4-7-28(25)50-13-10-37)16-27(34(48)39-12-9-36)43-30(45)19-41-35(32)49/h3-8,15,17-18,27,32H,10-14,16,19-20,37-38H2,1-2H3,(H,39,48)(H,41,49)(H,42,47)(H,43,45)/t27-,32-/m0/s1. The summed E-state index contributed by atoms with van der Waals surface area (Å²) < 4.78 is 12.0. The van der Waals surface area contributed by atoms with Gasteiger partial charge in [0.25, 0.3) is 5.91 Å². The molecular weight excluding hydrogens is 658 g/mol. The number of ether oxygens (including phenoxy) is 2. The molecule has 16 heteroatoms. The maximum Gasteiger partial charge on any atom is 0.253 e. The summed E-state index contributed by atoms with van der Waals surface area (Å²) in [4.78, 5) is 71.6. The predicted octanol–water partition coefficient (Wildman–Crippen LogP) is -0.542. The highest BCUT2D eigenvalue weighted by Crippen LogP contribution is 2.40. The Bertz CT molecular complexity index is 1790. The summed E-state index contributed by atoms with van der Waals surface area (Å²) >= 11 is 0. The van der Waals surface area contributed by atoms with Crippen molar-refractivity contribution in [3.63, 3.8) is 0 Å². The number of hydrogen-bond acceptors (Lipinski definition) is 11. The Labute approximate surface area is 294 Å². The largest absolute Gasteiger partial charge is 0.492 e. The topological polar surface area (TPSA) is 244 Å². The van der Waals surface area contributed by atoms with Gasteiger partial charge >= 0.3 is 0 Å². The summed E-state index contributed by atoms with van der Waals surface area (Å²) in [6.07, 6.45) is 1.42. The molecule has 0 saturated heterocycles.